The van der Waals surface area contributed by atoms with E-state index in [9.17, 15) is 0 Å². The Hall–Kier alpha value is -0.760. The van der Waals surface area contributed by atoms with Crippen molar-refractivity contribution in [1.29, 1.82) is 0 Å². The summed E-state index contributed by atoms with van der Waals surface area (Å²) in [6.45, 7) is 4.41. The van der Waals surface area contributed by atoms with Crippen LogP contribution in [0.1, 0.15) is 56.6 Å². The van der Waals surface area contributed by atoms with Gasteiger partial charge in [-0.05, 0) is 44.4 Å². The van der Waals surface area contributed by atoms with Gasteiger partial charge in [0.1, 0.15) is 11.5 Å². The highest BCUT2D eigenvalue weighted by Crippen LogP contribution is 2.45. The van der Waals surface area contributed by atoms with Crippen molar-refractivity contribution in [2.45, 2.75) is 52.0 Å². The molecule has 1 aliphatic rings. The van der Waals surface area contributed by atoms with E-state index < -0.39 is 0 Å². The third kappa shape index (κ3) is 2.17. The fourth-order valence-electron chi connectivity index (χ4n) is 3.09. The molecule has 1 saturated carbocycles. The molecule has 16 heavy (non-hydrogen) atoms. The second kappa shape index (κ2) is 4.62. The Kier molecular flexibility index (Phi) is 3.38. The van der Waals surface area contributed by atoms with Gasteiger partial charge in [0, 0.05) is 0 Å². The summed E-state index contributed by atoms with van der Waals surface area (Å²) in [6, 6.07) is 4.55. The average Bonchev–Trinajstić information content (AvgIpc) is 2.66. The van der Waals surface area contributed by atoms with Crippen molar-refractivity contribution >= 4 is 0 Å². The number of hydrogen-bond donors (Lipinski definition) is 1. The topological polar surface area (TPSA) is 25.2 Å². The smallest absolute Gasteiger partial charge is 0.121 e. The zero-order chi connectivity index (χ0) is 11.6. The zero-order valence-corrected chi connectivity index (χ0v) is 10.7. The summed E-state index contributed by atoms with van der Waals surface area (Å²) >= 11 is 0. The van der Waals surface area contributed by atoms with Crippen LogP contribution in [0.2, 0.25) is 0 Å². The third-order valence-corrected chi connectivity index (χ3v) is 4.03. The van der Waals surface area contributed by atoms with Crippen LogP contribution in [0.3, 0.4) is 0 Å². The van der Waals surface area contributed by atoms with Gasteiger partial charge in [-0.3, -0.25) is 0 Å². The first-order valence-electron chi connectivity index (χ1n) is 6.39. The molecule has 2 nitrogen and oxygen atoms in total. The molecule has 1 aromatic rings. The normalized spacial score (nSPS) is 21.9. The first kappa shape index (κ1) is 11.7. The van der Waals surface area contributed by atoms with Gasteiger partial charge in [0.15, 0.2) is 0 Å². The molecule has 0 spiro atoms. The van der Waals surface area contributed by atoms with E-state index in [1.54, 1.807) is 0 Å². The number of aryl methyl sites for hydroxylation is 1. The Bertz CT molecular complexity index is 336. The van der Waals surface area contributed by atoms with Crippen LogP contribution in [-0.4, -0.2) is 7.05 Å². The molecule has 0 bridgehead atoms. The Labute approximate surface area is 98.4 Å². The maximum Gasteiger partial charge on any atom is 0.121 e. The predicted octanol–water partition coefficient (Wildman–Crippen LogP) is 3.82. The largest absolute Gasteiger partial charge is 0.465 e. The van der Waals surface area contributed by atoms with Gasteiger partial charge in [0.2, 0.25) is 0 Å². The Morgan fingerprint density at radius 1 is 1.25 bits per heavy atom. The van der Waals surface area contributed by atoms with Crippen LogP contribution in [0.5, 0.6) is 0 Å². The molecule has 1 aliphatic carbocycles. The number of hydrogen-bond acceptors (Lipinski definition) is 2. The van der Waals surface area contributed by atoms with Crippen molar-refractivity contribution < 1.29 is 4.42 Å². The van der Waals surface area contributed by atoms with Crippen LogP contribution < -0.4 is 5.32 Å². The Balaban J connectivity index is 2.20. The fraction of sp³-hybridized carbons (Fsp3) is 0.714. The summed E-state index contributed by atoms with van der Waals surface area (Å²) in [5.74, 6) is 2.11. The summed E-state index contributed by atoms with van der Waals surface area (Å²) in [5.41, 5.74) is 0.358. The molecule has 1 atom stereocenters. The van der Waals surface area contributed by atoms with Crippen molar-refractivity contribution in [1.82, 2.24) is 5.32 Å². The fourth-order valence-corrected chi connectivity index (χ4v) is 3.09. The lowest BCUT2D eigenvalue weighted by Crippen LogP contribution is -2.35. The number of furan rings is 1. The highest BCUT2D eigenvalue weighted by atomic mass is 16.3. The molecule has 0 aromatic carbocycles. The van der Waals surface area contributed by atoms with Crippen molar-refractivity contribution in [2.24, 2.45) is 5.41 Å². The summed E-state index contributed by atoms with van der Waals surface area (Å²) in [4.78, 5) is 0. The van der Waals surface area contributed by atoms with Crippen molar-refractivity contribution in [2.75, 3.05) is 7.05 Å². The second-order valence-electron chi connectivity index (χ2n) is 5.38. The van der Waals surface area contributed by atoms with Gasteiger partial charge in [-0.15, -0.1) is 0 Å². The van der Waals surface area contributed by atoms with Gasteiger partial charge in [0.25, 0.3) is 0 Å². The minimum absolute atomic E-state index is 0.358. The van der Waals surface area contributed by atoms with Crippen LogP contribution in [0, 0.1) is 12.3 Å². The van der Waals surface area contributed by atoms with Gasteiger partial charge < -0.3 is 9.73 Å². The summed E-state index contributed by atoms with van der Waals surface area (Å²) in [5, 5.41) is 3.45. The maximum atomic E-state index is 5.79. The lowest BCUT2D eigenvalue weighted by molar-refractivity contribution is 0.134. The third-order valence-electron chi connectivity index (χ3n) is 4.03. The van der Waals surface area contributed by atoms with Gasteiger partial charge in [-0.25, -0.2) is 0 Å². The minimum atomic E-state index is 0.358. The number of nitrogens with one attached hydrogen (secondary N) is 1. The van der Waals surface area contributed by atoms with Gasteiger partial charge in [0.05, 0.1) is 6.04 Å². The summed E-state index contributed by atoms with van der Waals surface area (Å²) in [6.07, 6.45) is 6.71. The van der Waals surface area contributed by atoms with Gasteiger partial charge >= 0.3 is 0 Å². The molecule has 1 fully saturated rings. The van der Waals surface area contributed by atoms with E-state index >= 15 is 0 Å². The monoisotopic (exact) mass is 221 g/mol. The molecule has 1 aromatic heterocycles. The molecule has 2 rings (SSSR count). The van der Waals surface area contributed by atoms with E-state index in [0.717, 1.165) is 11.5 Å². The molecule has 0 saturated heterocycles. The standard InChI is InChI=1S/C14H23NO/c1-11-7-8-12(16-11)13(15-3)14(2)9-5-4-6-10-14/h7-8,13,15H,4-6,9-10H2,1-3H3. The quantitative estimate of drug-likeness (QED) is 0.839. The van der Waals surface area contributed by atoms with E-state index in [1.165, 1.54) is 32.1 Å². The summed E-state index contributed by atoms with van der Waals surface area (Å²) < 4.78 is 5.79. The average molecular weight is 221 g/mol. The second-order valence-corrected chi connectivity index (χ2v) is 5.38. The van der Waals surface area contributed by atoms with Crippen LogP contribution in [0.4, 0.5) is 0 Å². The zero-order valence-electron chi connectivity index (χ0n) is 10.7. The van der Waals surface area contributed by atoms with E-state index in [4.69, 9.17) is 4.42 Å². The Morgan fingerprint density at radius 2 is 1.94 bits per heavy atom. The molecule has 1 N–H and O–H groups in total. The maximum absolute atomic E-state index is 5.79. The van der Waals surface area contributed by atoms with E-state index in [-0.39, 0.29) is 0 Å². The van der Waals surface area contributed by atoms with Crippen LogP contribution >= 0.6 is 0 Å². The van der Waals surface area contributed by atoms with Gasteiger partial charge in [-0.2, -0.15) is 0 Å². The molecule has 0 radical (unpaired) electrons. The lowest BCUT2D eigenvalue weighted by Gasteiger charge is -2.39. The molecule has 1 heterocycles. The first-order chi connectivity index (χ1) is 7.65. The first-order valence-corrected chi connectivity index (χ1v) is 6.39. The SMILES string of the molecule is CNC(c1ccc(C)o1)C1(C)CCCCC1. The molecule has 1 unspecified atom stereocenters. The minimum Gasteiger partial charge on any atom is -0.465 e. The lowest BCUT2D eigenvalue weighted by atomic mass is 9.70. The van der Waals surface area contributed by atoms with Crippen LogP contribution in [-0.2, 0) is 0 Å². The Morgan fingerprint density at radius 3 is 2.44 bits per heavy atom. The highest BCUT2D eigenvalue weighted by Gasteiger charge is 2.37. The van der Waals surface area contributed by atoms with Crippen molar-refractivity contribution in [3.05, 3.63) is 23.7 Å². The molecule has 0 amide bonds. The van der Waals surface area contributed by atoms with E-state index in [1.807, 2.05) is 14.0 Å². The molecule has 90 valence electrons. The van der Waals surface area contributed by atoms with Crippen molar-refractivity contribution in [3.8, 4) is 0 Å². The molecule has 0 aliphatic heterocycles. The molecular weight excluding hydrogens is 198 g/mol. The van der Waals surface area contributed by atoms with Crippen LogP contribution in [0.25, 0.3) is 0 Å². The summed E-state index contributed by atoms with van der Waals surface area (Å²) in [7, 11) is 2.04. The van der Waals surface area contributed by atoms with E-state index in [0.29, 0.717) is 11.5 Å². The highest BCUT2D eigenvalue weighted by molar-refractivity contribution is 5.13. The molecular formula is C14H23NO. The van der Waals surface area contributed by atoms with E-state index in [2.05, 4.69) is 24.4 Å². The predicted molar refractivity (Wildman–Crippen MR) is 66.4 cm³/mol. The van der Waals surface area contributed by atoms with Gasteiger partial charge in [-0.1, -0.05) is 26.2 Å². The molecule has 2 heteroatoms. The van der Waals surface area contributed by atoms with Crippen LogP contribution in [0.15, 0.2) is 16.5 Å². The number of rotatable bonds is 3. The van der Waals surface area contributed by atoms with Crippen molar-refractivity contribution in [3.63, 3.8) is 0 Å².